The maximum Gasteiger partial charge on any atom is 0.326 e. The number of carboxylic acids is 1. The molecule has 0 radical (unpaired) electrons. The van der Waals surface area contributed by atoms with Crippen LogP contribution in [0.1, 0.15) is 12.6 Å². The number of carboxylic acid groups (broad SMARTS) is 1. The topological polar surface area (TPSA) is 95.1 Å². The normalized spacial score (nSPS) is 11.3. The fourth-order valence-electron chi connectivity index (χ4n) is 1.06. The second kappa shape index (κ2) is 6.02. The molecule has 3 N–H and O–H groups in total. The van der Waals surface area contributed by atoms with E-state index in [-0.39, 0.29) is 24.7 Å². The van der Waals surface area contributed by atoms with Crippen LogP contribution in [0.25, 0.3) is 0 Å². The molecule has 1 unspecified atom stereocenters. The van der Waals surface area contributed by atoms with Crippen LogP contribution < -0.4 is 5.32 Å². The first-order valence-electron chi connectivity index (χ1n) is 4.06. The Kier molecular flexibility index (Phi) is 5.40. The van der Waals surface area contributed by atoms with E-state index in [4.69, 9.17) is 5.11 Å². The van der Waals surface area contributed by atoms with Crippen molar-refractivity contribution >= 4 is 24.3 Å². The number of amides is 1. The Morgan fingerprint density at radius 2 is 2.33 bits per heavy atom. The molecule has 0 saturated carbocycles. The molecule has 1 aromatic rings. The number of aliphatic carboxylic acids is 1. The third-order valence-electron chi connectivity index (χ3n) is 1.65. The predicted octanol–water partition coefficient (Wildman–Crippen LogP) is -0.0367. The summed E-state index contributed by atoms with van der Waals surface area (Å²) < 4.78 is 0. The first-order chi connectivity index (χ1) is 6.59. The number of imidazole rings is 1. The highest BCUT2D eigenvalue weighted by Gasteiger charge is 2.18. The Hall–Kier alpha value is -1.56. The van der Waals surface area contributed by atoms with Crippen molar-refractivity contribution in [2.45, 2.75) is 19.4 Å². The molecule has 84 valence electrons. The number of halogens is 1. The Morgan fingerprint density at radius 3 is 2.73 bits per heavy atom. The first kappa shape index (κ1) is 13.4. The molecule has 1 heterocycles. The van der Waals surface area contributed by atoms with Crippen LogP contribution in [0.3, 0.4) is 0 Å². The van der Waals surface area contributed by atoms with Crippen molar-refractivity contribution in [3.8, 4) is 0 Å². The van der Waals surface area contributed by atoms with Crippen molar-refractivity contribution in [3.63, 3.8) is 0 Å². The van der Waals surface area contributed by atoms with Crippen molar-refractivity contribution in [1.29, 1.82) is 0 Å². The number of nitrogens with one attached hydrogen (secondary N) is 2. The number of carbonyl (C=O) groups is 2. The molecule has 1 aromatic heterocycles. The van der Waals surface area contributed by atoms with Crippen molar-refractivity contribution in [1.82, 2.24) is 15.3 Å². The van der Waals surface area contributed by atoms with Crippen LogP contribution in [0.2, 0.25) is 0 Å². The Labute approximate surface area is 92.5 Å². The largest absolute Gasteiger partial charge is 0.480 e. The molecule has 0 spiro atoms. The Balaban J connectivity index is 0.00000196. The van der Waals surface area contributed by atoms with Gasteiger partial charge in [-0.15, -0.1) is 12.4 Å². The zero-order valence-electron chi connectivity index (χ0n) is 8.06. The zero-order valence-corrected chi connectivity index (χ0v) is 8.87. The number of aromatic nitrogens is 2. The zero-order chi connectivity index (χ0) is 10.6. The molecule has 0 aromatic carbocycles. The molecule has 0 fully saturated rings. The van der Waals surface area contributed by atoms with E-state index in [1.165, 1.54) is 19.4 Å². The van der Waals surface area contributed by atoms with Crippen molar-refractivity contribution < 1.29 is 14.7 Å². The van der Waals surface area contributed by atoms with Gasteiger partial charge in [-0.05, 0) is 0 Å². The quantitative estimate of drug-likeness (QED) is 0.680. The smallest absolute Gasteiger partial charge is 0.326 e. The van der Waals surface area contributed by atoms with E-state index in [1.54, 1.807) is 0 Å². The van der Waals surface area contributed by atoms with E-state index in [2.05, 4.69) is 15.3 Å². The molecule has 15 heavy (non-hydrogen) atoms. The molecule has 0 aliphatic rings. The highest BCUT2D eigenvalue weighted by molar-refractivity contribution is 5.85. The van der Waals surface area contributed by atoms with Gasteiger partial charge in [0.1, 0.15) is 6.04 Å². The highest BCUT2D eigenvalue weighted by atomic mass is 35.5. The van der Waals surface area contributed by atoms with Gasteiger partial charge >= 0.3 is 5.97 Å². The van der Waals surface area contributed by atoms with Gasteiger partial charge in [-0.1, -0.05) is 0 Å². The monoisotopic (exact) mass is 233 g/mol. The minimum atomic E-state index is -1.06. The fourth-order valence-corrected chi connectivity index (χ4v) is 1.06. The van der Waals surface area contributed by atoms with E-state index < -0.39 is 12.0 Å². The lowest BCUT2D eigenvalue weighted by Crippen LogP contribution is -2.41. The summed E-state index contributed by atoms with van der Waals surface area (Å²) in [6.07, 6.45) is 3.19. The minimum Gasteiger partial charge on any atom is -0.480 e. The maximum absolute atomic E-state index is 10.7. The summed E-state index contributed by atoms with van der Waals surface area (Å²) >= 11 is 0. The average Bonchev–Trinajstić information content (AvgIpc) is 2.54. The molecule has 1 rings (SSSR count). The second-order valence-corrected chi connectivity index (χ2v) is 2.87. The van der Waals surface area contributed by atoms with E-state index in [0.717, 1.165) is 0 Å². The van der Waals surface area contributed by atoms with E-state index in [1.807, 2.05) is 0 Å². The summed E-state index contributed by atoms with van der Waals surface area (Å²) in [6.45, 7) is 1.28. The summed E-state index contributed by atoms with van der Waals surface area (Å²) in [4.78, 5) is 27.9. The van der Waals surface area contributed by atoms with Crippen molar-refractivity contribution in [2.24, 2.45) is 0 Å². The number of aromatic amines is 1. The molecule has 0 aliphatic heterocycles. The van der Waals surface area contributed by atoms with Gasteiger partial charge in [-0.25, -0.2) is 9.78 Å². The third-order valence-corrected chi connectivity index (χ3v) is 1.65. The summed E-state index contributed by atoms with van der Waals surface area (Å²) in [5.41, 5.74) is 0.672. The summed E-state index contributed by atoms with van der Waals surface area (Å²) in [5.74, 6) is -1.42. The SMILES string of the molecule is CC(=O)NC(Cc1cnc[nH]1)C(=O)O.Cl. The molecule has 0 aliphatic carbocycles. The minimum absolute atomic E-state index is 0. The van der Waals surface area contributed by atoms with E-state index >= 15 is 0 Å². The number of hydrogen-bond donors (Lipinski definition) is 3. The Morgan fingerprint density at radius 1 is 1.67 bits per heavy atom. The van der Waals surface area contributed by atoms with Crippen LogP contribution >= 0.6 is 12.4 Å². The summed E-state index contributed by atoms with van der Waals surface area (Å²) in [6, 6.07) is -0.909. The first-order valence-corrected chi connectivity index (χ1v) is 4.06. The lowest BCUT2D eigenvalue weighted by atomic mass is 10.1. The van der Waals surface area contributed by atoms with Gasteiger partial charge in [0.15, 0.2) is 0 Å². The van der Waals surface area contributed by atoms with Crippen LogP contribution in [0.5, 0.6) is 0 Å². The summed E-state index contributed by atoms with van der Waals surface area (Å²) in [5, 5.41) is 11.1. The third kappa shape index (κ3) is 4.46. The summed E-state index contributed by atoms with van der Waals surface area (Å²) in [7, 11) is 0. The predicted molar refractivity (Wildman–Crippen MR) is 54.8 cm³/mol. The second-order valence-electron chi connectivity index (χ2n) is 2.87. The van der Waals surface area contributed by atoms with Gasteiger partial charge in [0, 0.05) is 25.2 Å². The van der Waals surface area contributed by atoms with Crippen LogP contribution in [0.15, 0.2) is 12.5 Å². The van der Waals surface area contributed by atoms with Crippen LogP contribution in [-0.2, 0) is 16.0 Å². The van der Waals surface area contributed by atoms with Crippen LogP contribution in [-0.4, -0.2) is 33.0 Å². The van der Waals surface area contributed by atoms with Gasteiger partial charge in [-0.3, -0.25) is 4.79 Å². The highest BCUT2D eigenvalue weighted by Crippen LogP contribution is 1.98. The molecule has 0 saturated heterocycles. The number of H-pyrrole nitrogens is 1. The van der Waals surface area contributed by atoms with Crippen molar-refractivity contribution in [3.05, 3.63) is 18.2 Å². The van der Waals surface area contributed by atoms with Gasteiger partial charge in [-0.2, -0.15) is 0 Å². The standard InChI is InChI=1S/C8H11N3O3.ClH/c1-5(12)11-7(8(13)14)2-6-3-9-4-10-6;/h3-4,7H,2H2,1H3,(H,9,10)(H,11,12)(H,13,14);1H. The maximum atomic E-state index is 10.7. The number of carbonyl (C=O) groups excluding carboxylic acids is 1. The van der Waals surface area contributed by atoms with Gasteiger partial charge in [0.2, 0.25) is 5.91 Å². The Bertz CT molecular complexity index is 326. The molecule has 1 atom stereocenters. The number of nitrogens with zero attached hydrogens (tertiary/aromatic N) is 1. The fraction of sp³-hybridized carbons (Fsp3) is 0.375. The van der Waals surface area contributed by atoms with Gasteiger partial charge in [0.05, 0.1) is 6.33 Å². The average molecular weight is 234 g/mol. The van der Waals surface area contributed by atoms with Gasteiger partial charge < -0.3 is 15.4 Å². The molecular formula is C8H12ClN3O3. The van der Waals surface area contributed by atoms with E-state index in [9.17, 15) is 9.59 Å². The number of hydrogen-bond acceptors (Lipinski definition) is 3. The lowest BCUT2D eigenvalue weighted by molar-refractivity contribution is -0.141. The van der Waals surface area contributed by atoms with Gasteiger partial charge in [0.25, 0.3) is 0 Å². The number of rotatable bonds is 4. The molecule has 7 heteroatoms. The van der Waals surface area contributed by atoms with Crippen LogP contribution in [0.4, 0.5) is 0 Å². The molecule has 6 nitrogen and oxygen atoms in total. The molecule has 0 bridgehead atoms. The van der Waals surface area contributed by atoms with Crippen molar-refractivity contribution in [2.75, 3.05) is 0 Å². The van der Waals surface area contributed by atoms with Crippen LogP contribution in [0, 0.1) is 0 Å². The molecular weight excluding hydrogens is 222 g/mol. The molecule has 1 amide bonds. The lowest BCUT2D eigenvalue weighted by Gasteiger charge is -2.11. The van der Waals surface area contributed by atoms with E-state index in [0.29, 0.717) is 5.69 Å².